The zero-order valence-corrected chi connectivity index (χ0v) is 18.0. The lowest BCUT2D eigenvalue weighted by Crippen LogP contribution is -2.57. The molecular weight excluding hydrogens is 346 g/mol. The van der Waals surface area contributed by atoms with E-state index in [2.05, 4.69) is 6.92 Å². The van der Waals surface area contributed by atoms with Crippen molar-refractivity contribution in [3.63, 3.8) is 0 Å². The maximum absolute atomic E-state index is 12.9. The number of likely N-dealkylation sites (N-methyl/N-ethyl adjacent to an activating group) is 1. The van der Waals surface area contributed by atoms with Gasteiger partial charge in [0.25, 0.3) is 0 Å². The molecule has 1 atom stereocenters. The summed E-state index contributed by atoms with van der Waals surface area (Å²) in [6, 6.07) is 0. The van der Waals surface area contributed by atoms with Crippen molar-refractivity contribution < 1.29 is 28.7 Å². The minimum absolute atomic E-state index is 0.148. The highest BCUT2D eigenvalue weighted by molar-refractivity contribution is 5.93. The summed E-state index contributed by atoms with van der Waals surface area (Å²) in [6.45, 7) is 3.57. The van der Waals surface area contributed by atoms with Gasteiger partial charge < -0.3 is 14.3 Å². The Bertz CT molecular complexity index is 452. The fourth-order valence-electron chi connectivity index (χ4n) is 3.48. The molecule has 1 N–H and O–H groups in total. The van der Waals surface area contributed by atoms with Crippen molar-refractivity contribution in [1.82, 2.24) is 0 Å². The van der Waals surface area contributed by atoms with Crippen LogP contribution < -0.4 is 0 Å². The fraction of sp³-hybridized carbons (Fsp3) is 0.857. The lowest BCUT2D eigenvalue weighted by Gasteiger charge is -2.36. The number of carboxylic acid groups (broad SMARTS) is 1. The van der Waals surface area contributed by atoms with E-state index in [0.717, 1.165) is 12.8 Å². The molecule has 0 fully saturated rings. The molecule has 6 nitrogen and oxygen atoms in total. The minimum Gasteiger partial charge on any atom is -0.481 e. The number of aliphatic carboxylic acids is 1. The van der Waals surface area contributed by atoms with Crippen LogP contribution in [0.2, 0.25) is 0 Å². The molecule has 0 radical (unpaired) electrons. The monoisotopic (exact) mass is 386 g/mol. The fourth-order valence-corrected chi connectivity index (χ4v) is 3.48. The predicted molar refractivity (Wildman–Crippen MR) is 107 cm³/mol. The average Bonchev–Trinajstić information content (AvgIpc) is 2.49. The van der Waals surface area contributed by atoms with E-state index in [0.29, 0.717) is 10.9 Å². The van der Waals surface area contributed by atoms with Gasteiger partial charge in [-0.05, 0) is 6.42 Å². The first-order valence-electron chi connectivity index (χ1n) is 10.3. The van der Waals surface area contributed by atoms with E-state index >= 15 is 0 Å². The van der Waals surface area contributed by atoms with Crippen LogP contribution in [0.5, 0.6) is 0 Å². The van der Waals surface area contributed by atoms with Gasteiger partial charge in [0, 0.05) is 13.3 Å². The van der Waals surface area contributed by atoms with E-state index in [4.69, 9.17) is 4.74 Å². The number of nitrogens with zero attached hydrogens (tertiary/aromatic N) is 1. The number of quaternary nitrogens is 1. The number of unbranched alkanes of at least 4 members (excludes halogenated alkanes) is 8. The molecule has 0 aliphatic heterocycles. The Morgan fingerprint density at radius 2 is 1.37 bits per heavy atom. The molecule has 0 aliphatic rings. The average molecular weight is 387 g/mol. The van der Waals surface area contributed by atoms with Gasteiger partial charge in [-0.25, -0.2) is 0 Å². The predicted octanol–water partition coefficient (Wildman–Crippen LogP) is 3.96. The standard InChI is InChI=1S/C21H39NO5/c1-6-7-8-9-10-11-12-13-14-15-19(24)21(16-20(25)26,27-18(2)23)17-22(3,4)5/h6-17H2,1-5H3/p+1. The molecule has 0 saturated carbocycles. The first kappa shape index (κ1) is 25.6. The zero-order chi connectivity index (χ0) is 20.9. The SMILES string of the molecule is CCCCCCCCCCCC(=O)C(CC(=O)O)(C[N+](C)(C)C)OC(C)=O. The second-order valence-corrected chi connectivity index (χ2v) is 8.61. The molecule has 0 aromatic heterocycles. The summed E-state index contributed by atoms with van der Waals surface area (Å²) < 4.78 is 5.67. The van der Waals surface area contributed by atoms with Gasteiger partial charge in [0.15, 0.2) is 5.78 Å². The van der Waals surface area contributed by atoms with E-state index in [9.17, 15) is 19.5 Å². The normalized spacial score (nSPS) is 13.8. The Morgan fingerprint density at radius 1 is 0.889 bits per heavy atom. The summed E-state index contributed by atoms with van der Waals surface area (Å²) in [5.74, 6) is -2.04. The van der Waals surface area contributed by atoms with Crippen molar-refractivity contribution in [2.24, 2.45) is 0 Å². The van der Waals surface area contributed by atoms with Gasteiger partial charge in [0.05, 0.1) is 27.6 Å². The zero-order valence-electron chi connectivity index (χ0n) is 18.0. The molecule has 0 rings (SSSR count). The van der Waals surface area contributed by atoms with E-state index < -0.39 is 24.0 Å². The lowest BCUT2D eigenvalue weighted by atomic mass is 9.89. The first-order chi connectivity index (χ1) is 12.5. The number of hydrogen-bond donors (Lipinski definition) is 1. The Kier molecular flexibility index (Phi) is 12.2. The number of Topliss-reactive ketones (excluding diaryl/α,β-unsaturated/α-hetero) is 1. The number of esters is 1. The van der Waals surface area contributed by atoms with Crippen LogP contribution in [0.25, 0.3) is 0 Å². The van der Waals surface area contributed by atoms with Crippen molar-refractivity contribution in [1.29, 1.82) is 0 Å². The maximum atomic E-state index is 12.9. The van der Waals surface area contributed by atoms with Crippen LogP contribution in [0.3, 0.4) is 0 Å². The van der Waals surface area contributed by atoms with Crippen molar-refractivity contribution in [2.75, 3.05) is 27.7 Å². The van der Waals surface area contributed by atoms with E-state index in [-0.39, 0.29) is 18.7 Å². The summed E-state index contributed by atoms with van der Waals surface area (Å²) in [5, 5.41) is 9.29. The highest BCUT2D eigenvalue weighted by Crippen LogP contribution is 2.25. The molecule has 0 spiro atoms. The molecule has 6 heteroatoms. The largest absolute Gasteiger partial charge is 0.481 e. The number of carboxylic acids is 1. The van der Waals surface area contributed by atoms with Gasteiger partial charge in [-0.2, -0.15) is 0 Å². The summed E-state index contributed by atoms with van der Waals surface area (Å²) in [5.41, 5.74) is -1.59. The highest BCUT2D eigenvalue weighted by atomic mass is 16.6. The van der Waals surface area contributed by atoms with Gasteiger partial charge in [0.2, 0.25) is 5.60 Å². The van der Waals surface area contributed by atoms with Crippen molar-refractivity contribution >= 4 is 17.7 Å². The second kappa shape index (κ2) is 12.9. The number of hydrogen-bond acceptors (Lipinski definition) is 4. The maximum Gasteiger partial charge on any atom is 0.308 e. The van der Waals surface area contributed by atoms with Gasteiger partial charge in [-0.15, -0.1) is 0 Å². The third-order valence-electron chi connectivity index (χ3n) is 4.52. The minimum atomic E-state index is -1.59. The van der Waals surface area contributed by atoms with Crippen LogP contribution in [0.4, 0.5) is 0 Å². The topological polar surface area (TPSA) is 80.7 Å². The molecule has 0 saturated heterocycles. The quantitative estimate of drug-likeness (QED) is 0.247. The first-order valence-corrected chi connectivity index (χ1v) is 10.3. The summed E-state index contributed by atoms with van der Waals surface area (Å²) >= 11 is 0. The van der Waals surface area contributed by atoms with Crippen molar-refractivity contribution in [3.05, 3.63) is 0 Å². The summed E-state index contributed by atoms with van der Waals surface area (Å²) in [4.78, 5) is 35.8. The van der Waals surface area contributed by atoms with Crippen LogP contribution in [0.1, 0.15) is 84.5 Å². The van der Waals surface area contributed by atoms with E-state index in [1.54, 1.807) is 0 Å². The Morgan fingerprint density at radius 3 is 1.78 bits per heavy atom. The van der Waals surface area contributed by atoms with Gasteiger partial charge >= 0.3 is 11.9 Å². The van der Waals surface area contributed by atoms with Crippen molar-refractivity contribution in [3.8, 4) is 0 Å². The van der Waals surface area contributed by atoms with Gasteiger partial charge in [-0.3, -0.25) is 14.4 Å². The number of ketones is 1. The molecule has 0 aliphatic carbocycles. The Hall–Kier alpha value is -1.43. The number of carbonyl (C=O) groups is 3. The second-order valence-electron chi connectivity index (χ2n) is 8.61. The van der Waals surface area contributed by atoms with Gasteiger partial charge in [-0.1, -0.05) is 58.3 Å². The molecule has 0 aromatic carbocycles. The number of carbonyl (C=O) groups excluding carboxylic acids is 2. The molecule has 0 bridgehead atoms. The molecule has 0 heterocycles. The third kappa shape index (κ3) is 12.6. The van der Waals surface area contributed by atoms with Crippen LogP contribution in [0.15, 0.2) is 0 Å². The Labute approximate surface area is 164 Å². The number of ether oxygens (including phenoxy) is 1. The van der Waals surface area contributed by atoms with E-state index in [1.165, 1.54) is 45.4 Å². The van der Waals surface area contributed by atoms with Crippen LogP contribution in [-0.4, -0.2) is 60.6 Å². The summed E-state index contributed by atoms with van der Waals surface area (Å²) in [6.07, 6.45) is 9.97. The van der Waals surface area contributed by atoms with E-state index in [1.807, 2.05) is 21.1 Å². The van der Waals surface area contributed by atoms with Crippen LogP contribution >= 0.6 is 0 Å². The number of rotatable bonds is 16. The highest BCUT2D eigenvalue weighted by Gasteiger charge is 2.47. The molecular formula is C21H40NO5+. The van der Waals surface area contributed by atoms with Crippen LogP contribution in [-0.2, 0) is 19.1 Å². The van der Waals surface area contributed by atoms with Crippen LogP contribution in [0, 0.1) is 0 Å². The lowest BCUT2D eigenvalue weighted by molar-refractivity contribution is -0.875. The summed E-state index contributed by atoms with van der Waals surface area (Å²) in [7, 11) is 5.56. The molecule has 0 aromatic rings. The molecule has 158 valence electrons. The Balaban J connectivity index is 4.65. The molecule has 0 amide bonds. The molecule has 1 unspecified atom stereocenters. The van der Waals surface area contributed by atoms with Crippen molar-refractivity contribution in [2.45, 2.75) is 90.1 Å². The smallest absolute Gasteiger partial charge is 0.308 e. The molecule has 27 heavy (non-hydrogen) atoms. The van der Waals surface area contributed by atoms with Gasteiger partial charge in [0.1, 0.15) is 6.54 Å². The third-order valence-corrected chi connectivity index (χ3v) is 4.52.